The number of hydrogen-bond donors (Lipinski definition) is 0. The first kappa shape index (κ1) is 16.7. The average molecular weight is 406 g/mol. The molecule has 0 bridgehead atoms. The van der Waals surface area contributed by atoms with E-state index in [1.165, 1.54) is 65.1 Å². The molecule has 0 aliphatic heterocycles. The lowest BCUT2D eigenvalue weighted by Gasteiger charge is -2.14. The van der Waals surface area contributed by atoms with E-state index in [0.717, 1.165) is 11.2 Å². The second kappa shape index (κ2) is 5.63. The topological polar surface area (TPSA) is 17.6 Å². The zero-order valence-electron chi connectivity index (χ0n) is 17.5. The molecule has 0 fully saturated rings. The van der Waals surface area contributed by atoms with Crippen LogP contribution in [0, 0.1) is 0 Å². The Morgan fingerprint density at radius 3 is 2.34 bits per heavy atom. The maximum atomic E-state index is 6.41. The molecule has 3 heteroatoms. The van der Waals surface area contributed by atoms with Gasteiger partial charge in [0.2, 0.25) is 0 Å². The number of rotatable bonds is 1. The average Bonchev–Trinajstić information content (AvgIpc) is 3.38. The van der Waals surface area contributed by atoms with Gasteiger partial charge in [0, 0.05) is 32.3 Å². The van der Waals surface area contributed by atoms with Gasteiger partial charge in [0.15, 0.2) is 0 Å². The number of benzene rings is 5. The number of fused-ring (bicyclic) bond motifs is 9. The molecule has 0 aliphatic rings. The van der Waals surface area contributed by atoms with Crippen molar-refractivity contribution in [3.8, 4) is 0 Å². The Hall–Kier alpha value is -3.98. The molecule has 0 saturated heterocycles. The lowest BCUT2D eigenvalue weighted by molar-refractivity contribution is 0.669. The number of nitrogens with zero attached hydrogens (tertiary/aromatic N) is 1. The predicted octanol–water partition coefficient (Wildman–Crippen LogP) is 7.27. The van der Waals surface area contributed by atoms with Gasteiger partial charge in [0.25, 0.3) is 0 Å². The maximum Gasteiger partial charge on any atom is 0.148 e. The van der Waals surface area contributed by atoms with Gasteiger partial charge in [-0.1, -0.05) is 72.9 Å². The minimum Gasteiger partial charge on any atom is -0.456 e. The Morgan fingerprint density at radius 1 is 0.625 bits per heavy atom. The van der Waals surface area contributed by atoms with Gasteiger partial charge in [0.1, 0.15) is 18.4 Å². The second-order valence-electron chi connectivity index (χ2n) is 8.70. The van der Waals surface area contributed by atoms with E-state index in [1.807, 2.05) is 6.07 Å². The normalized spacial score (nSPS) is 12.5. The Morgan fingerprint density at radius 2 is 1.44 bits per heavy atom. The monoisotopic (exact) mass is 406 g/mol. The van der Waals surface area contributed by atoms with E-state index in [2.05, 4.69) is 97.4 Å². The molecule has 147 valence electrons. The Bertz CT molecular complexity index is 2020. The summed E-state index contributed by atoms with van der Waals surface area (Å²) in [5.41, 5.74) is 6.91. The van der Waals surface area contributed by atoms with E-state index in [4.69, 9.17) is 4.42 Å². The van der Waals surface area contributed by atoms with Gasteiger partial charge in [-0.3, -0.25) is 0 Å². The first-order valence-electron chi connectivity index (χ1n) is 11.1. The second-order valence-corrected chi connectivity index (χ2v) is 8.70. The van der Waals surface area contributed by atoms with Gasteiger partial charge < -0.3 is 8.82 Å². The zero-order chi connectivity index (χ0) is 21.0. The highest BCUT2D eigenvalue weighted by atomic mass is 16.3. The van der Waals surface area contributed by atoms with Crippen LogP contribution < -0.4 is 5.46 Å². The van der Waals surface area contributed by atoms with Crippen LogP contribution in [0.2, 0.25) is 6.82 Å². The summed E-state index contributed by atoms with van der Waals surface area (Å²) in [6.07, 6.45) is 0. The van der Waals surface area contributed by atoms with Crippen molar-refractivity contribution in [2.75, 3.05) is 0 Å². The van der Waals surface area contributed by atoms with Crippen molar-refractivity contribution in [1.82, 2.24) is 4.40 Å². The highest BCUT2D eigenvalue weighted by Crippen LogP contribution is 2.45. The van der Waals surface area contributed by atoms with Crippen molar-refractivity contribution in [3.63, 3.8) is 0 Å². The predicted molar refractivity (Wildman–Crippen MR) is 137 cm³/mol. The zero-order valence-corrected chi connectivity index (χ0v) is 17.5. The van der Waals surface area contributed by atoms with Gasteiger partial charge in [-0.25, -0.2) is 0 Å². The maximum absolute atomic E-state index is 6.41. The molecule has 0 atom stereocenters. The summed E-state index contributed by atoms with van der Waals surface area (Å²) < 4.78 is 8.87. The first-order valence-corrected chi connectivity index (χ1v) is 11.1. The molecule has 0 unspecified atom stereocenters. The summed E-state index contributed by atoms with van der Waals surface area (Å²) in [7, 11) is 2.18. The molecular weight excluding hydrogens is 389 g/mol. The quantitative estimate of drug-likeness (QED) is 0.159. The van der Waals surface area contributed by atoms with Gasteiger partial charge in [-0.15, -0.1) is 0 Å². The molecule has 0 N–H and O–H groups in total. The minimum atomic E-state index is 0.940. The molecule has 8 aromatic rings. The van der Waals surface area contributed by atoms with Crippen molar-refractivity contribution >= 4 is 83.5 Å². The molecule has 0 aliphatic carbocycles. The molecule has 3 heterocycles. The molecule has 5 aromatic carbocycles. The summed E-state index contributed by atoms with van der Waals surface area (Å²) >= 11 is 0. The molecule has 8 rings (SSSR count). The van der Waals surface area contributed by atoms with Crippen LogP contribution in [0.3, 0.4) is 0 Å². The van der Waals surface area contributed by atoms with Crippen LogP contribution in [0.4, 0.5) is 0 Å². The van der Waals surface area contributed by atoms with Crippen LogP contribution in [-0.4, -0.2) is 11.7 Å². The molecular formula is C29H17BNO. The Balaban J connectivity index is 1.83. The fourth-order valence-electron chi connectivity index (χ4n) is 5.82. The van der Waals surface area contributed by atoms with E-state index >= 15 is 0 Å². The number of aromatic nitrogens is 1. The van der Waals surface area contributed by atoms with Crippen LogP contribution >= 0.6 is 0 Å². The molecule has 1 radical (unpaired) electrons. The van der Waals surface area contributed by atoms with Crippen molar-refractivity contribution in [2.24, 2.45) is 0 Å². The third kappa shape index (κ3) is 1.84. The van der Waals surface area contributed by atoms with E-state index in [9.17, 15) is 0 Å². The van der Waals surface area contributed by atoms with Gasteiger partial charge in [-0.05, 0) is 35.0 Å². The van der Waals surface area contributed by atoms with E-state index in [-0.39, 0.29) is 0 Å². The first-order chi connectivity index (χ1) is 15.8. The van der Waals surface area contributed by atoms with Crippen LogP contribution in [0.25, 0.3) is 70.8 Å². The van der Waals surface area contributed by atoms with E-state index in [0.29, 0.717) is 0 Å². The number of furan rings is 1. The number of para-hydroxylation sites is 2. The minimum absolute atomic E-state index is 0.940. The summed E-state index contributed by atoms with van der Waals surface area (Å²) in [5, 5.41) is 10.1. The molecule has 32 heavy (non-hydrogen) atoms. The molecule has 0 spiro atoms. The van der Waals surface area contributed by atoms with Gasteiger partial charge >= 0.3 is 0 Å². The third-order valence-electron chi connectivity index (χ3n) is 7.12. The van der Waals surface area contributed by atoms with E-state index < -0.39 is 0 Å². The Labute approximate surface area is 184 Å². The highest BCUT2D eigenvalue weighted by molar-refractivity contribution is 6.53. The molecule has 2 nitrogen and oxygen atoms in total. The third-order valence-corrected chi connectivity index (χ3v) is 7.12. The molecule has 3 aromatic heterocycles. The van der Waals surface area contributed by atoms with Gasteiger partial charge in [-0.2, -0.15) is 0 Å². The summed E-state index contributed by atoms with van der Waals surface area (Å²) in [6, 6.07) is 30.7. The fourth-order valence-corrected chi connectivity index (χ4v) is 5.82. The van der Waals surface area contributed by atoms with Crippen LogP contribution in [0.5, 0.6) is 0 Å². The summed E-state index contributed by atoms with van der Waals surface area (Å²) in [4.78, 5) is 0. The number of pyridine rings is 1. The summed E-state index contributed by atoms with van der Waals surface area (Å²) in [6.45, 7) is 2.11. The summed E-state index contributed by atoms with van der Waals surface area (Å²) in [5.74, 6) is 0. The van der Waals surface area contributed by atoms with Crippen LogP contribution in [0.1, 0.15) is 0 Å². The molecule has 0 amide bonds. The lowest BCUT2D eigenvalue weighted by atomic mass is 9.72. The van der Waals surface area contributed by atoms with Crippen LogP contribution in [0.15, 0.2) is 89.3 Å². The largest absolute Gasteiger partial charge is 0.456 e. The van der Waals surface area contributed by atoms with Gasteiger partial charge in [0.05, 0.1) is 16.6 Å². The van der Waals surface area contributed by atoms with Crippen LogP contribution in [-0.2, 0) is 0 Å². The van der Waals surface area contributed by atoms with Crippen molar-refractivity contribution in [2.45, 2.75) is 6.82 Å². The fraction of sp³-hybridized carbons (Fsp3) is 0.0345. The molecule has 0 saturated carbocycles. The van der Waals surface area contributed by atoms with Crippen molar-refractivity contribution < 1.29 is 4.42 Å². The number of hydrogen-bond acceptors (Lipinski definition) is 1. The standard InChI is InChI=1S/C29H17BNO/c1-30-17-13-16-7-6-11-23-26(16)20(14-17)21-15-25-27(19-9-3-5-12-24(19)32-25)28-18-8-2-4-10-22(18)31(23)29(21)28/h2-15H,1H3. The van der Waals surface area contributed by atoms with Crippen molar-refractivity contribution in [3.05, 3.63) is 84.9 Å². The van der Waals surface area contributed by atoms with E-state index in [1.54, 1.807) is 0 Å². The SMILES string of the molecule is C[B]c1cc2cccc3c2c(c1)c1cc2oc4ccccc4c2c2c4ccccc4n3c12. The lowest BCUT2D eigenvalue weighted by Crippen LogP contribution is -2.10. The highest BCUT2D eigenvalue weighted by Gasteiger charge is 2.22. The Kier molecular flexibility index (Phi) is 2.93. The smallest absolute Gasteiger partial charge is 0.148 e. The van der Waals surface area contributed by atoms with Crippen molar-refractivity contribution in [1.29, 1.82) is 0 Å².